The minimum Gasteiger partial charge on any atom is -0.379 e. The molecule has 31 heavy (non-hydrogen) atoms. The Morgan fingerprint density at radius 3 is 2.61 bits per heavy atom. The summed E-state index contributed by atoms with van der Waals surface area (Å²) in [6, 6.07) is 14.2. The van der Waals surface area contributed by atoms with Crippen molar-refractivity contribution in [2.45, 2.75) is 19.9 Å². The average molecular weight is 423 g/mol. The van der Waals surface area contributed by atoms with Crippen molar-refractivity contribution in [2.75, 3.05) is 32.8 Å². The number of hydrogen-bond donors (Lipinski definition) is 1. The summed E-state index contributed by atoms with van der Waals surface area (Å²) in [6.07, 6.45) is 0. The molecule has 1 aliphatic rings. The number of nitrogens with zero attached hydrogens (tertiary/aromatic N) is 4. The summed E-state index contributed by atoms with van der Waals surface area (Å²) in [4.78, 5) is 15.1. The van der Waals surface area contributed by atoms with E-state index in [4.69, 9.17) is 4.74 Å². The van der Waals surface area contributed by atoms with Crippen molar-refractivity contribution in [3.05, 3.63) is 76.9 Å². The zero-order valence-electron chi connectivity index (χ0n) is 17.7. The highest BCUT2D eigenvalue weighted by molar-refractivity contribution is 5.93. The lowest BCUT2D eigenvalue weighted by Crippen LogP contribution is -2.44. The lowest BCUT2D eigenvalue weighted by atomic mass is 10.0. The van der Waals surface area contributed by atoms with Crippen LogP contribution in [-0.4, -0.2) is 58.6 Å². The minimum atomic E-state index is -0.300. The Balaban J connectivity index is 1.51. The van der Waals surface area contributed by atoms with E-state index in [1.165, 1.54) is 12.1 Å². The summed E-state index contributed by atoms with van der Waals surface area (Å²) in [7, 11) is 0. The maximum Gasteiger partial charge on any atom is 0.273 e. The van der Waals surface area contributed by atoms with Gasteiger partial charge >= 0.3 is 0 Å². The van der Waals surface area contributed by atoms with Gasteiger partial charge in [0, 0.05) is 19.6 Å². The molecule has 2 aromatic carbocycles. The number of halogens is 1. The van der Waals surface area contributed by atoms with Crippen LogP contribution in [0, 0.1) is 19.7 Å². The largest absolute Gasteiger partial charge is 0.379 e. The number of amides is 1. The van der Waals surface area contributed by atoms with E-state index in [-0.39, 0.29) is 23.5 Å². The van der Waals surface area contributed by atoms with E-state index in [0.29, 0.717) is 25.5 Å². The molecule has 4 rings (SSSR count). The molecule has 8 heteroatoms. The van der Waals surface area contributed by atoms with Crippen molar-refractivity contribution in [1.82, 2.24) is 25.2 Å². The molecular weight excluding hydrogens is 397 g/mol. The number of ether oxygens (including phenoxy) is 1. The van der Waals surface area contributed by atoms with Crippen molar-refractivity contribution < 1.29 is 13.9 Å². The fraction of sp³-hybridized carbons (Fsp3) is 0.348. The van der Waals surface area contributed by atoms with Crippen molar-refractivity contribution in [2.24, 2.45) is 0 Å². The van der Waals surface area contributed by atoms with Gasteiger partial charge in [-0.15, -0.1) is 5.10 Å². The zero-order chi connectivity index (χ0) is 21.8. The molecule has 3 aromatic rings. The molecule has 1 amide bonds. The fourth-order valence-corrected chi connectivity index (χ4v) is 3.80. The maximum absolute atomic E-state index is 13.8. The Bertz CT molecular complexity index is 1040. The summed E-state index contributed by atoms with van der Waals surface area (Å²) in [5.41, 5.74) is 3.75. The summed E-state index contributed by atoms with van der Waals surface area (Å²) < 4.78 is 21.0. The molecule has 0 radical (unpaired) electrons. The topological polar surface area (TPSA) is 72.3 Å². The molecule has 162 valence electrons. The number of carbonyl (C=O) groups is 1. The molecule has 0 aliphatic carbocycles. The smallest absolute Gasteiger partial charge is 0.273 e. The Labute approximate surface area is 180 Å². The van der Waals surface area contributed by atoms with Gasteiger partial charge < -0.3 is 10.1 Å². The molecule has 1 N–H and O–H groups in total. The minimum absolute atomic E-state index is 0.156. The van der Waals surface area contributed by atoms with Crippen molar-refractivity contribution in [3.8, 4) is 5.69 Å². The molecular formula is C23H26FN5O2. The highest BCUT2D eigenvalue weighted by Crippen LogP contribution is 2.22. The van der Waals surface area contributed by atoms with Gasteiger partial charge in [0.25, 0.3) is 5.91 Å². The number of aryl methyl sites for hydroxylation is 1. The predicted molar refractivity (Wildman–Crippen MR) is 115 cm³/mol. The van der Waals surface area contributed by atoms with Crippen LogP contribution in [0.1, 0.15) is 33.4 Å². The van der Waals surface area contributed by atoms with Crippen LogP contribution in [0.15, 0.2) is 48.5 Å². The molecule has 2 heterocycles. The highest BCUT2D eigenvalue weighted by Gasteiger charge is 2.25. The number of hydrogen-bond acceptors (Lipinski definition) is 5. The standard InChI is InChI=1S/C23H26FN5O2/c1-16-6-8-20(9-7-16)29-17(2)22(26-27-29)23(30)25-15-21(28-10-12-31-13-11-28)18-4-3-5-19(24)14-18/h3-9,14,21H,10-13,15H2,1-2H3,(H,25,30). The molecule has 1 fully saturated rings. The molecule has 0 spiro atoms. The van der Waals surface area contributed by atoms with E-state index < -0.39 is 0 Å². The van der Waals surface area contributed by atoms with Gasteiger partial charge in [-0.25, -0.2) is 9.07 Å². The van der Waals surface area contributed by atoms with Crippen LogP contribution < -0.4 is 5.32 Å². The molecule has 1 atom stereocenters. The molecule has 0 saturated carbocycles. The number of nitrogens with one attached hydrogen (secondary N) is 1. The molecule has 1 saturated heterocycles. The van der Waals surface area contributed by atoms with Crippen LogP contribution in [0.5, 0.6) is 0 Å². The number of carbonyl (C=O) groups excluding carboxylic acids is 1. The summed E-state index contributed by atoms with van der Waals surface area (Å²) in [5.74, 6) is -0.593. The lowest BCUT2D eigenvalue weighted by molar-refractivity contribution is 0.0161. The first kappa shape index (κ1) is 21.1. The van der Waals surface area contributed by atoms with Gasteiger partial charge in [0.2, 0.25) is 0 Å². The third-order valence-electron chi connectivity index (χ3n) is 5.56. The Kier molecular flexibility index (Phi) is 6.39. The first-order chi connectivity index (χ1) is 15.0. The lowest BCUT2D eigenvalue weighted by Gasteiger charge is -2.34. The Morgan fingerprint density at radius 1 is 1.16 bits per heavy atom. The van der Waals surface area contributed by atoms with Crippen LogP contribution in [0.4, 0.5) is 4.39 Å². The quantitative estimate of drug-likeness (QED) is 0.660. The molecule has 0 bridgehead atoms. The predicted octanol–water partition coefficient (Wildman–Crippen LogP) is 2.83. The summed E-state index contributed by atoms with van der Waals surface area (Å²) in [6.45, 7) is 6.84. The van der Waals surface area contributed by atoms with Crippen LogP contribution >= 0.6 is 0 Å². The van der Waals surface area contributed by atoms with E-state index in [1.807, 2.05) is 44.2 Å². The first-order valence-corrected chi connectivity index (χ1v) is 10.4. The average Bonchev–Trinajstić information content (AvgIpc) is 3.16. The third kappa shape index (κ3) is 4.81. The molecule has 1 unspecified atom stereocenters. The van der Waals surface area contributed by atoms with Gasteiger partial charge in [0.05, 0.1) is 30.6 Å². The van der Waals surface area contributed by atoms with E-state index in [9.17, 15) is 9.18 Å². The van der Waals surface area contributed by atoms with Crippen molar-refractivity contribution in [3.63, 3.8) is 0 Å². The van der Waals surface area contributed by atoms with Crippen molar-refractivity contribution >= 4 is 5.91 Å². The molecule has 1 aliphatic heterocycles. The first-order valence-electron chi connectivity index (χ1n) is 10.4. The SMILES string of the molecule is Cc1ccc(-n2nnc(C(=O)NCC(c3cccc(F)c3)N3CCOCC3)c2C)cc1. The maximum atomic E-state index is 13.8. The second-order valence-electron chi connectivity index (χ2n) is 7.70. The monoisotopic (exact) mass is 423 g/mol. The van der Waals surface area contributed by atoms with Gasteiger partial charge in [0.15, 0.2) is 5.69 Å². The van der Waals surface area contributed by atoms with Gasteiger partial charge in [0.1, 0.15) is 5.82 Å². The zero-order valence-corrected chi connectivity index (χ0v) is 17.7. The molecule has 1 aromatic heterocycles. The second-order valence-corrected chi connectivity index (χ2v) is 7.70. The third-order valence-corrected chi connectivity index (χ3v) is 5.56. The second kappa shape index (κ2) is 9.36. The Morgan fingerprint density at radius 2 is 1.90 bits per heavy atom. The van der Waals surface area contributed by atoms with E-state index in [2.05, 4.69) is 20.5 Å². The van der Waals surface area contributed by atoms with Gasteiger partial charge in [-0.05, 0) is 43.7 Å². The van der Waals surface area contributed by atoms with Crippen LogP contribution in [0.3, 0.4) is 0 Å². The fourth-order valence-electron chi connectivity index (χ4n) is 3.80. The summed E-state index contributed by atoms with van der Waals surface area (Å²) >= 11 is 0. The van der Waals surface area contributed by atoms with Crippen LogP contribution in [0.2, 0.25) is 0 Å². The Hall–Kier alpha value is -3.10. The number of morpholine rings is 1. The van der Waals surface area contributed by atoms with Crippen molar-refractivity contribution in [1.29, 1.82) is 0 Å². The van der Waals surface area contributed by atoms with E-state index in [0.717, 1.165) is 29.9 Å². The van der Waals surface area contributed by atoms with E-state index in [1.54, 1.807) is 10.7 Å². The molecule has 7 nitrogen and oxygen atoms in total. The number of aromatic nitrogens is 3. The normalized spacial score (nSPS) is 15.6. The number of rotatable bonds is 6. The summed E-state index contributed by atoms with van der Waals surface area (Å²) in [5, 5.41) is 11.2. The van der Waals surface area contributed by atoms with E-state index >= 15 is 0 Å². The van der Waals surface area contributed by atoms with Gasteiger partial charge in [-0.2, -0.15) is 0 Å². The van der Waals surface area contributed by atoms with Gasteiger partial charge in [-0.3, -0.25) is 9.69 Å². The highest BCUT2D eigenvalue weighted by atomic mass is 19.1. The van der Waals surface area contributed by atoms with Gasteiger partial charge in [-0.1, -0.05) is 35.0 Å². The van der Waals surface area contributed by atoms with Crippen LogP contribution in [-0.2, 0) is 4.74 Å². The number of benzene rings is 2. The van der Waals surface area contributed by atoms with Crippen LogP contribution in [0.25, 0.3) is 5.69 Å².